The van der Waals surface area contributed by atoms with Crippen LogP contribution in [0.3, 0.4) is 0 Å². The molecule has 1 aromatic carbocycles. The number of rotatable bonds is 2. The fourth-order valence-electron chi connectivity index (χ4n) is 2.16. The summed E-state index contributed by atoms with van der Waals surface area (Å²) in [6.07, 6.45) is -2.19. The highest BCUT2D eigenvalue weighted by atomic mass is 127. The lowest BCUT2D eigenvalue weighted by molar-refractivity contribution is -0.137. The minimum absolute atomic E-state index is 0.0894. The predicted octanol–water partition coefficient (Wildman–Crippen LogP) is 4.40. The lowest BCUT2D eigenvalue weighted by Crippen LogP contribution is -2.25. The van der Waals surface area contributed by atoms with E-state index in [1.807, 2.05) is 0 Å². The monoisotopic (exact) mass is 370 g/mol. The molecule has 18 heavy (non-hydrogen) atoms. The molecule has 1 aliphatic rings. The molecule has 5 heteroatoms. The number of ether oxygens (including phenoxy) is 1. The first-order valence-corrected chi connectivity index (χ1v) is 7.38. The van der Waals surface area contributed by atoms with Crippen molar-refractivity contribution in [3.63, 3.8) is 0 Å². The van der Waals surface area contributed by atoms with Gasteiger partial charge < -0.3 is 4.74 Å². The highest BCUT2D eigenvalue weighted by Crippen LogP contribution is 2.34. The van der Waals surface area contributed by atoms with E-state index in [9.17, 15) is 13.2 Å². The average Bonchev–Trinajstić information content (AvgIpc) is 2.38. The van der Waals surface area contributed by atoms with Crippen LogP contribution < -0.4 is 0 Å². The Kier molecular flexibility index (Phi) is 4.53. The lowest BCUT2D eigenvalue weighted by atomic mass is 9.91. The first-order valence-electron chi connectivity index (χ1n) is 5.85. The predicted molar refractivity (Wildman–Crippen MR) is 72.0 cm³/mol. The van der Waals surface area contributed by atoms with Crippen molar-refractivity contribution in [2.45, 2.75) is 31.0 Å². The van der Waals surface area contributed by atoms with Crippen LogP contribution in [0.25, 0.3) is 0 Å². The molecule has 0 aromatic heterocycles. The molecule has 0 N–H and O–H groups in total. The third-order valence-electron chi connectivity index (χ3n) is 3.23. The molecular formula is C13H14F3IO. The first kappa shape index (κ1) is 14.1. The molecule has 0 radical (unpaired) electrons. The Bertz CT molecular complexity index is 397. The van der Waals surface area contributed by atoms with Crippen molar-refractivity contribution in [2.24, 2.45) is 0 Å². The summed E-state index contributed by atoms with van der Waals surface area (Å²) >= 11 is 2.27. The highest BCUT2D eigenvalue weighted by molar-refractivity contribution is 14.1. The van der Waals surface area contributed by atoms with E-state index in [-0.39, 0.29) is 12.0 Å². The van der Waals surface area contributed by atoms with E-state index in [1.54, 1.807) is 6.07 Å². The van der Waals surface area contributed by atoms with Gasteiger partial charge in [-0.1, -0.05) is 40.8 Å². The molecule has 2 rings (SSSR count). The van der Waals surface area contributed by atoms with Gasteiger partial charge in [0.15, 0.2) is 0 Å². The van der Waals surface area contributed by atoms with E-state index < -0.39 is 11.7 Å². The molecular weight excluding hydrogens is 356 g/mol. The van der Waals surface area contributed by atoms with Gasteiger partial charge >= 0.3 is 6.18 Å². The quantitative estimate of drug-likeness (QED) is 0.554. The Morgan fingerprint density at radius 1 is 1.28 bits per heavy atom. The van der Waals surface area contributed by atoms with E-state index in [4.69, 9.17) is 4.74 Å². The summed E-state index contributed by atoms with van der Waals surface area (Å²) in [4.78, 5) is 0. The van der Waals surface area contributed by atoms with Crippen molar-refractivity contribution in [1.82, 2.24) is 0 Å². The van der Waals surface area contributed by atoms with E-state index >= 15 is 0 Å². The molecule has 1 aromatic rings. The zero-order valence-electron chi connectivity index (χ0n) is 9.71. The number of halogens is 4. The molecule has 2 atom stereocenters. The van der Waals surface area contributed by atoms with Gasteiger partial charge in [0, 0.05) is 10.3 Å². The summed E-state index contributed by atoms with van der Waals surface area (Å²) in [5.74, 6) is 0.0894. The van der Waals surface area contributed by atoms with Crippen molar-refractivity contribution in [2.75, 3.05) is 11.0 Å². The summed E-state index contributed by atoms with van der Waals surface area (Å²) < 4.78 is 44.4. The van der Waals surface area contributed by atoms with Gasteiger partial charge in [-0.15, -0.1) is 0 Å². The number of alkyl halides is 4. The topological polar surface area (TPSA) is 9.23 Å². The van der Waals surface area contributed by atoms with Gasteiger partial charge in [-0.3, -0.25) is 0 Å². The Morgan fingerprint density at radius 2 is 2.06 bits per heavy atom. The summed E-state index contributed by atoms with van der Waals surface area (Å²) in [6.45, 7) is 0.523. The first-order chi connectivity index (χ1) is 8.50. The van der Waals surface area contributed by atoms with Crippen LogP contribution in [0.2, 0.25) is 0 Å². The molecule has 2 unspecified atom stereocenters. The summed E-state index contributed by atoms with van der Waals surface area (Å²) in [6, 6.07) is 5.59. The van der Waals surface area contributed by atoms with Crippen molar-refractivity contribution >= 4 is 22.6 Å². The van der Waals surface area contributed by atoms with Crippen LogP contribution >= 0.6 is 22.6 Å². The Hall–Kier alpha value is -0.300. The minimum atomic E-state index is -4.27. The largest absolute Gasteiger partial charge is 0.416 e. The maximum absolute atomic E-state index is 12.6. The average molecular weight is 370 g/mol. The smallest absolute Gasteiger partial charge is 0.377 e. The van der Waals surface area contributed by atoms with Crippen molar-refractivity contribution in [1.29, 1.82) is 0 Å². The lowest BCUT2D eigenvalue weighted by Gasteiger charge is -2.28. The van der Waals surface area contributed by atoms with E-state index in [0.29, 0.717) is 6.61 Å². The van der Waals surface area contributed by atoms with Crippen LogP contribution in [0.4, 0.5) is 13.2 Å². The molecule has 1 aliphatic heterocycles. The second kappa shape index (κ2) is 5.77. The van der Waals surface area contributed by atoms with Crippen LogP contribution in [0, 0.1) is 0 Å². The van der Waals surface area contributed by atoms with Crippen LogP contribution in [0.5, 0.6) is 0 Å². The van der Waals surface area contributed by atoms with Gasteiger partial charge in [0.05, 0.1) is 18.3 Å². The molecule has 1 fully saturated rings. The van der Waals surface area contributed by atoms with Crippen molar-refractivity contribution in [3.05, 3.63) is 35.4 Å². The molecule has 1 saturated heterocycles. The van der Waals surface area contributed by atoms with Crippen LogP contribution in [-0.4, -0.2) is 17.1 Å². The standard InChI is InChI=1S/C13H14F3IO/c14-13(15,16)11-3-1-2-9(6-11)10-4-5-12(7-17)18-8-10/h1-3,6,10,12H,4-5,7-8H2. The molecule has 1 nitrogen and oxygen atoms in total. The van der Waals surface area contributed by atoms with Gasteiger partial charge in [0.1, 0.15) is 0 Å². The third-order valence-corrected chi connectivity index (χ3v) is 4.21. The minimum Gasteiger partial charge on any atom is -0.377 e. The molecule has 0 aliphatic carbocycles. The van der Waals surface area contributed by atoms with Gasteiger partial charge in [-0.2, -0.15) is 13.2 Å². The SMILES string of the molecule is FC(F)(F)c1cccc(C2CCC(CI)OC2)c1. The van der Waals surface area contributed by atoms with Crippen LogP contribution in [-0.2, 0) is 10.9 Å². The highest BCUT2D eigenvalue weighted by Gasteiger charge is 2.31. The number of benzene rings is 1. The maximum atomic E-state index is 12.6. The fourth-order valence-corrected chi connectivity index (χ4v) is 2.85. The van der Waals surface area contributed by atoms with Crippen LogP contribution in [0.1, 0.15) is 29.9 Å². The molecule has 0 saturated carbocycles. The second-order valence-electron chi connectivity index (χ2n) is 4.51. The van der Waals surface area contributed by atoms with Crippen LogP contribution in [0.15, 0.2) is 24.3 Å². The zero-order valence-corrected chi connectivity index (χ0v) is 11.9. The van der Waals surface area contributed by atoms with Gasteiger partial charge in [-0.05, 0) is 24.5 Å². The van der Waals surface area contributed by atoms with Gasteiger partial charge in [0.25, 0.3) is 0 Å². The fraction of sp³-hybridized carbons (Fsp3) is 0.538. The molecule has 0 amide bonds. The Labute approximate surface area is 118 Å². The molecule has 0 spiro atoms. The number of hydrogen-bond donors (Lipinski definition) is 0. The van der Waals surface area contributed by atoms with Gasteiger partial charge in [0.2, 0.25) is 0 Å². The molecule has 1 heterocycles. The van der Waals surface area contributed by atoms with Gasteiger partial charge in [-0.25, -0.2) is 0 Å². The Morgan fingerprint density at radius 3 is 2.61 bits per heavy atom. The van der Waals surface area contributed by atoms with E-state index in [2.05, 4.69) is 22.6 Å². The second-order valence-corrected chi connectivity index (χ2v) is 5.39. The normalized spacial score (nSPS) is 25.1. The maximum Gasteiger partial charge on any atom is 0.416 e. The van der Waals surface area contributed by atoms with E-state index in [1.165, 1.54) is 12.1 Å². The van der Waals surface area contributed by atoms with Crippen molar-refractivity contribution in [3.8, 4) is 0 Å². The zero-order chi connectivity index (χ0) is 13.2. The molecule has 0 bridgehead atoms. The van der Waals surface area contributed by atoms with E-state index in [0.717, 1.165) is 28.9 Å². The summed E-state index contributed by atoms with van der Waals surface area (Å²) in [5, 5.41) is 0. The third kappa shape index (κ3) is 3.38. The number of hydrogen-bond acceptors (Lipinski definition) is 1. The summed E-state index contributed by atoms with van der Waals surface area (Å²) in [7, 11) is 0. The summed E-state index contributed by atoms with van der Waals surface area (Å²) in [5.41, 5.74) is 0.160. The molecule has 100 valence electrons. The Balaban J connectivity index is 2.10. The van der Waals surface area contributed by atoms with Crippen molar-refractivity contribution < 1.29 is 17.9 Å².